The van der Waals surface area contributed by atoms with Crippen LogP contribution in [0.3, 0.4) is 0 Å². The van der Waals surface area contributed by atoms with Gasteiger partial charge in [0.05, 0.1) is 25.4 Å². The van der Waals surface area contributed by atoms with Gasteiger partial charge in [-0.25, -0.2) is 4.98 Å². The van der Waals surface area contributed by atoms with Gasteiger partial charge < -0.3 is 14.8 Å². The molecule has 1 N–H and O–H groups in total. The molecule has 1 aliphatic rings. The molecule has 20 heavy (non-hydrogen) atoms. The highest BCUT2D eigenvalue weighted by Gasteiger charge is 2.28. The first kappa shape index (κ1) is 12.8. The van der Waals surface area contributed by atoms with E-state index in [9.17, 15) is 0 Å². The summed E-state index contributed by atoms with van der Waals surface area (Å²) in [4.78, 5) is 4.23. The molecular formula is C16H18N2O2. The zero-order chi connectivity index (χ0) is 13.9. The van der Waals surface area contributed by atoms with Gasteiger partial charge in [-0.2, -0.15) is 0 Å². The molecule has 0 aliphatic carbocycles. The van der Waals surface area contributed by atoms with Gasteiger partial charge in [-0.05, 0) is 18.2 Å². The van der Waals surface area contributed by atoms with Crippen LogP contribution in [0.25, 0.3) is 0 Å². The van der Waals surface area contributed by atoms with E-state index in [1.807, 2.05) is 30.3 Å². The average Bonchev–Trinajstić information content (AvgIpc) is 2.50. The van der Waals surface area contributed by atoms with Gasteiger partial charge in [0.25, 0.3) is 0 Å². The van der Waals surface area contributed by atoms with Crippen molar-refractivity contribution in [2.24, 2.45) is 5.92 Å². The fraction of sp³-hybridized carbons (Fsp3) is 0.312. The molecule has 2 atom stereocenters. The number of nitrogens with zero attached hydrogens (tertiary/aromatic N) is 1. The van der Waals surface area contributed by atoms with E-state index in [0.717, 1.165) is 11.4 Å². The molecule has 0 radical (unpaired) electrons. The first-order valence-corrected chi connectivity index (χ1v) is 6.77. The largest absolute Gasteiger partial charge is 0.493 e. The summed E-state index contributed by atoms with van der Waals surface area (Å²) in [5.41, 5.74) is 2.08. The van der Waals surface area contributed by atoms with Crippen molar-refractivity contribution >= 4 is 5.69 Å². The fourth-order valence-electron chi connectivity index (χ4n) is 2.54. The topological polar surface area (TPSA) is 43.4 Å². The molecule has 3 rings (SSSR count). The Balaban J connectivity index is 1.94. The van der Waals surface area contributed by atoms with Crippen molar-refractivity contribution in [2.45, 2.75) is 13.0 Å². The third-order valence-electron chi connectivity index (χ3n) is 3.60. The van der Waals surface area contributed by atoms with Gasteiger partial charge in [-0.3, -0.25) is 0 Å². The highest BCUT2D eigenvalue weighted by molar-refractivity contribution is 5.55. The summed E-state index contributed by atoms with van der Waals surface area (Å²) in [6.45, 7) is 2.88. The second-order valence-electron chi connectivity index (χ2n) is 5.01. The molecule has 1 aromatic heterocycles. The number of rotatable bonds is 3. The SMILES string of the molecule is COc1ncccc1NC1c2ccccc2OCC1C. The first-order valence-electron chi connectivity index (χ1n) is 6.77. The molecular weight excluding hydrogens is 252 g/mol. The number of aromatic nitrogens is 1. The summed E-state index contributed by atoms with van der Waals surface area (Å²) < 4.78 is 11.1. The molecule has 0 amide bonds. The Hall–Kier alpha value is -2.23. The Morgan fingerprint density at radius 3 is 2.95 bits per heavy atom. The van der Waals surface area contributed by atoms with E-state index in [1.54, 1.807) is 13.3 Å². The molecule has 1 aromatic carbocycles. The highest BCUT2D eigenvalue weighted by atomic mass is 16.5. The molecule has 104 valence electrons. The van der Waals surface area contributed by atoms with Crippen molar-refractivity contribution in [1.82, 2.24) is 4.98 Å². The third-order valence-corrected chi connectivity index (χ3v) is 3.60. The monoisotopic (exact) mass is 270 g/mol. The maximum Gasteiger partial charge on any atom is 0.237 e. The molecule has 2 heterocycles. The van der Waals surface area contributed by atoms with Crippen LogP contribution >= 0.6 is 0 Å². The van der Waals surface area contributed by atoms with Gasteiger partial charge in [-0.1, -0.05) is 25.1 Å². The lowest BCUT2D eigenvalue weighted by Crippen LogP contribution is -2.29. The molecule has 0 saturated heterocycles. The van der Waals surface area contributed by atoms with Crippen molar-refractivity contribution in [1.29, 1.82) is 0 Å². The molecule has 0 bridgehead atoms. The minimum absolute atomic E-state index is 0.193. The van der Waals surface area contributed by atoms with Crippen LogP contribution < -0.4 is 14.8 Å². The molecule has 0 spiro atoms. The number of nitrogens with one attached hydrogen (secondary N) is 1. The Bertz CT molecular complexity index is 601. The summed E-state index contributed by atoms with van der Waals surface area (Å²) in [5.74, 6) is 1.93. The Morgan fingerprint density at radius 1 is 1.25 bits per heavy atom. The second-order valence-corrected chi connectivity index (χ2v) is 5.01. The van der Waals surface area contributed by atoms with E-state index in [4.69, 9.17) is 9.47 Å². The Morgan fingerprint density at radius 2 is 2.10 bits per heavy atom. The van der Waals surface area contributed by atoms with Crippen LogP contribution in [-0.4, -0.2) is 18.7 Å². The number of benzene rings is 1. The molecule has 2 unspecified atom stereocenters. The quantitative estimate of drug-likeness (QED) is 0.929. The second kappa shape index (κ2) is 5.41. The number of pyridine rings is 1. The van der Waals surface area contributed by atoms with Crippen LogP contribution in [0.1, 0.15) is 18.5 Å². The standard InChI is InChI=1S/C16H18N2O2/c1-11-10-20-14-8-4-3-6-12(14)15(11)18-13-7-5-9-17-16(13)19-2/h3-9,11,15,18H,10H2,1-2H3. The van der Waals surface area contributed by atoms with Crippen LogP contribution in [0.2, 0.25) is 0 Å². The molecule has 4 nitrogen and oxygen atoms in total. The van der Waals surface area contributed by atoms with Gasteiger partial charge in [0.1, 0.15) is 5.75 Å². The highest BCUT2D eigenvalue weighted by Crippen LogP contribution is 2.38. The van der Waals surface area contributed by atoms with Crippen LogP contribution in [0, 0.1) is 5.92 Å². The third kappa shape index (κ3) is 2.29. The summed E-state index contributed by atoms with van der Waals surface area (Å²) in [6.07, 6.45) is 1.73. The van der Waals surface area contributed by atoms with Crippen molar-refractivity contribution in [3.63, 3.8) is 0 Å². The van der Waals surface area contributed by atoms with Crippen LogP contribution in [0.15, 0.2) is 42.6 Å². The van der Waals surface area contributed by atoms with Crippen LogP contribution in [0.4, 0.5) is 5.69 Å². The van der Waals surface area contributed by atoms with E-state index in [2.05, 4.69) is 23.3 Å². The van der Waals surface area contributed by atoms with Gasteiger partial charge in [-0.15, -0.1) is 0 Å². The number of ether oxygens (including phenoxy) is 2. The molecule has 4 heteroatoms. The van der Waals surface area contributed by atoms with Crippen molar-refractivity contribution in [3.05, 3.63) is 48.2 Å². The van der Waals surface area contributed by atoms with Crippen LogP contribution in [0.5, 0.6) is 11.6 Å². The van der Waals surface area contributed by atoms with E-state index < -0.39 is 0 Å². The number of para-hydroxylation sites is 1. The van der Waals surface area contributed by atoms with E-state index in [1.165, 1.54) is 5.56 Å². The lowest BCUT2D eigenvalue weighted by molar-refractivity contribution is 0.214. The Labute approximate surface area is 118 Å². The van der Waals surface area contributed by atoms with Crippen molar-refractivity contribution < 1.29 is 9.47 Å². The number of fused-ring (bicyclic) bond motifs is 1. The number of anilines is 1. The van der Waals surface area contributed by atoms with Gasteiger partial charge in [0, 0.05) is 17.7 Å². The summed E-state index contributed by atoms with van der Waals surface area (Å²) in [7, 11) is 1.63. The number of methoxy groups -OCH3 is 1. The molecule has 0 fully saturated rings. The maximum absolute atomic E-state index is 5.77. The normalized spacial score (nSPS) is 20.7. The number of hydrogen-bond acceptors (Lipinski definition) is 4. The van der Waals surface area contributed by atoms with Gasteiger partial charge >= 0.3 is 0 Å². The molecule has 1 aliphatic heterocycles. The van der Waals surface area contributed by atoms with Crippen LogP contribution in [-0.2, 0) is 0 Å². The zero-order valence-electron chi connectivity index (χ0n) is 11.7. The van der Waals surface area contributed by atoms with Crippen molar-refractivity contribution in [3.8, 4) is 11.6 Å². The minimum atomic E-state index is 0.193. The van der Waals surface area contributed by atoms with Gasteiger partial charge in [0.2, 0.25) is 5.88 Å². The predicted octanol–water partition coefficient (Wildman–Crippen LogP) is 3.27. The zero-order valence-corrected chi connectivity index (χ0v) is 11.7. The van der Waals surface area contributed by atoms with Gasteiger partial charge in [0.15, 0.2) is 0 Å². The molecule has 0 saturated carbocycles. The van der Waals surface area contributed by atoms with E-state index in [-0.39, 0.29) is 6.04 Å². The summed E-state index contributed by atoms with van der Waals surface area (Å²) in [6, 6.07) is 12.2. The molecule has 2 aromatic rings. The summed E-state index contributed by atoms with van der Waals surface area (Å²) in [5, 5.41) is 3.54. The van der Waals surface area contributed by atoms with E-state index >= 15 is 0 Å². The maximum atomic E-state index is 5.77. The first-order chi connectivity index (χ1) is 9.79. The Kier molecular flexibility index (Phi) is 3.46. The summed E-state index contributed by atoms with van der Waals surface area (Å²) >= 11 is 0. The predicted molar refractivity (Wildman–Crippen MR) is 78.3 cm³/mol. The van der Waals surface area contributed by atoms with E-state index in [0.29, 0.717) is 18.4 Å². The lowest BCUT2D eigenvalue weighted by atomic mass is 9.92. The average molecular weight is 270 g/mol. The minimum Gasteiger partial charge on any atom is -0.493 e. The number of hydrogen-bond donors (Lipinski definition) is 1. The smallest absolute Gasteiger partial charge is 0.237 e. The lowest BCUT2D eigenvalue weighted by Gasteiger charge is -2.32. The fourth-order valence-corrected chi connectivity index (χ4v) is 2.54. The van der Waals surface area contributed by atoms with Crippen molar-refractivity contribution in [2.75, 3.05) is 19.0 Å².